The van der Waals surface area contributed by atoms with Crippen molar-refractivity contribution in [1.29, 1.82) is 0 Å². The number of sulfonamides is 2. The van der Waals surface area contributed by atoms with Gasteiger partial charge in [-0.25, -0.2) is 16.8 Å². The van der Waals surface area contributed by atoms with Crippen molar-refractivity contribution in [3.63, 3.8) is 0 Å². The second kappa shape index (κ2) is 5.01. The smallest absolute Gasteiger partial charge is 0.245 e. The maximum atomic E-state index is 11.7. The number of aliphatic hydroxyl groups is 1. The van der Waals surface area contributed by atoms with E-state index < -0.39 is 20.0 Å². The molecular weight excluding hydrogens is 302 g/mol. The lowest BCUT2D eigenvalue weighted by atomic mass is 9.77. The first kappa shape index (κ1) is 15.3. The summed E-state index contributed by atoms with van der Waals surface area (Å²) < 4.78 is 47.2. The molecule has 1 fully saturated rings. The minimum Gasteiger partial charge on any atom is -0.393 e. The molecule has 1 aromatic rings. The molecule has 2 rings (SSSR count). The van der Waals surface area contributed by atoms with Gasteiger partial charge in [-0.1, -0.05) is 12.1 Å². The summed E-state index contributed by atoms with van der Waals surface area (Å²) in [5.41, 5.74) is 0.944. The number of hydrogen-bond acceptors (Lipinski definition) is 5. The minimum atomic E-state index is -3.92. The topological polar surface area (TPSA) is 91.8 Å². The Hall–Kier alpha value is -1.12. The highest BCUT2D eigenvalue weighted by molar-refractivity contribution is 8.09. The average molecular weight is 319 g/mol. The first-order valence-corrected chi connectivity index (χ1v) is 9.77. The molecule has 0 spiro atoms. The van der Waals surface area contributed by atoms with E-state index in [0.717, 1.165) is 18.1 Å². The summed E-state index contributed by atoms with van der Waals surface area (Å²) in [5.74, 6) is 0.144. The van der Waals surface area contributed by atoms with Crippen LogP contribution in [0.4, 0.5) is 5.69 Å². The van der Waals surface area contributed by atoms with Crippen molar-refractivity contribution < 1.29 is 21.9 Å². The van der Waals surface area contributed by atoms with Crippen molar-refractivity contribution in [3.05, 3.63) is 29.8 Å². The van der Waals surface area contributed by atoms with E-state index in [0.29, 0.717) is 16.6 Å². The van der Waals surface area contributed by atoms with Crippen molar-refractivity contribution in [1.82, 2.24) is 0 Å². The predicted molar refractivity (Wildman–Crippen MR) is 76.6 cm³/mol. The number of hydrogen-bond donors (Lipinski definition) is 1. The molecule has 112 valence electrons. The fourth-order valence-electron chi connectivity index (χ4n) is 2.38. The highest BCUT2D eigenvalue weighted by Gasteiger charge is 2.31. The van der Waals surface area contributed by atoms with Gasteiger partial charge in [0.2, 0.25) is 20.0 Å². The number of rotatable bonds is 4. The molecule has 0 atom stereocenters. The molecule has 0 saturated heterocycles. The van der Waals surface area contributed by atoms with E-state index in [1.165, 1.54) is 6.07 Å². The first-order valence-electron chi connectivity index (χ1n) is 6.07. The maximum Gasteiger partial charge on any atom is 0.245 e. The van der Waals surface area contributed by atoms with Crippen LogP contribution in [0.25, 0.3) is 0 Å². The molecule has 0 radical (unpaired) electrons. The van der Waals surface area contributed by atoms with E-state index in [-0.39, 0.29) is 17.7 Å². The lowest BCUT2D eigenvalue weighted by Crippen LogP contribution is -2.35. The van der Waals surface area contributed by atoms with Crippen molar-refractivity contribution >= 4 is 25.7 Å². The van der Waals surface area contributed by atoms with Crippen molar-refractivity contribution in [2.24, 2.45) is 0 Å². The van der Waals surface area contributed by atoms with E-state index in [1.54, 1.807) is 12.1 Å². The maximum absolute atomic E-state index is 11.7. The fourth-order valence-corrected chi connectivity index (χ4v) is 5.34. The number of aliphatic hydroxyl groups excluding tert-OH is 1. The van der Waals surface area contributed by atoms with E-state index >= 15 is 0 Å². The third kappa shape index (κ3) is 3.13. The zero-order valence-electron chi connectivity index (χ0n) is 11.2. The van der Waals surface area contributed by atoms with Gasteiger partial charge in [0.1, 0.15) is 0 Å². The van der Waals surface area contributed by atoms with Crippen LogP contribution in [0.15, 0.2) is 24.3 Å². The molecule has 1 aliphatic rings. The zero-order valence-corrected chi connectivity index (χ0v) is 12.9. The molecule has 0 unspecified atom stereocenters. The normalized spacial score (nSPS) is 23.1. The Morgan fingerprint density at radius 3 is 2.10 bits per heavy atom. The summed E-state index contributed by atoms with van der Waals surface area (Å²) in [5, 5.41) is 9.31. The van der Waals surface area contributed by atoms with Crippen LogP contribution < -0.4 is 3.71 Å². The second-order valence-corrected chi connectivity index (χ2v) is 9.03. The predicted octanol–water partition coefficient (Wildman–Crippen LogP) is 0.651. The monoisotopic (exact) mass is 319 g/mol. The number of anilines is 1. The van der Waals surface area contributed by atoms with Gasteiger partial charge < -0.3 is 5.11 Å². The van der Waals surface area contributed by atoms with Crippen molar-refractivity contribution in [2.75, 3.05) is 16.2 Å². The molecule has 0 amide bonds. The number of benzene rings is 1. The molecule has 1 aromatic carbocycles. The standard InChI is InChI=1S/C12H17NO5S2/c1-19(15,16)13(20(2,17)18)11-5-3-4-9(6-11)10-7-12(14)8-10/h3-6,10,12,14H,7-8H2,1-2H3. The van der Waals surface area contributed by atoms with Crippen LogP contribution in [0.3, 0.4) is 0 Å². The van der Waals surface area contributed by atoms with Crippen LogP contribution in [-0.4, -0.2) is 40.6 Å². The Morgan fingerprint density at radius 2 is 1.65 bits per heavy atom. The quantitative estimate of drug-likeness (QED) is 0.880. The summed E-state index contributed by atoms with van der Waals surface area (Å²) in [7, 11) is -7.84. The second-order valence-electron chi connectivity index (χ2n) is 5.14. The Balaban J connectivity index is 2.43. The molecule has 0 aromatic heterocycles. The van der Waals surface area contributed by atoms with Gasteiger partial charge in [-0.05, 0) is 36.5 Å². The van der Waals surface area contributed by atoms with Gasteiger partial charge in [0.05, 0.1) is 24.3 Å². The van der Waals surface area contributed by atoms with Gasteiger partial charge in [0, 0.05) is 0 Å². The zero-order chi connectivity index (χ0) is 15.1. The van der Waals surface area contributed by atoms with Crippen molar-refractivity contribution in [3.8, 4) is 0 Å². The first-order chi connectivity index (χ1) is 9.09. The molecule has 0 aliphatic heterocycles. The van der Waals surface area contributed by atoms with Crippen LogP contribution in [-0.2, 0) is 20.0 Å². The van der Waals surface area contributed by atoms with Gasteiger partial charge in [-0.3, -0.25) is 0 Å². The van der Waals surface area contributed by atoms with Crippen LogP contribution in [0.5, 0.6) is 0 Å². The molecule has 6 nitrogen and oxygen atoms in total. The molecule has 8 heteroatoms. The summed E-state index contributed by atoms with van der Waals surface area (Å²) in [6, 6.07) is 6.43. The van der Waals surface area contributed by atoms with Crippen LogP contribution in [0.1, 0.15) is 24.3 Å². The number of nitrogens with zero attached hydrogens (tertiary/aromatic N) is 1. The van der Waals surface area contributed by atoms with Gasteiger partial charge in [0.15, 0.2) is 0 Å². The summed E-state index contributed by atoms with van der Waals surface area (Å²) in [6.45, 7) is 0. The summed E-state index contributed by atoms with van der Waals surface area (Å²) in [6.07, 6.45) is 2.61. The average Bonchev–Trinajstić information content (AvgIpc) is 2.21. The van der Waals surface area contributed by atoms with E-state index in [4.69, 9.17) is 0 Å². The van der Waals surface area contributed by atoms with E-state index in [9.17, 15) is 21.9 Å². The molecule has 1 N–H and O–H groups in total. The molecule has 1 aliphatic carbocycles. The molecule has 0 heterocycles. The fraction of sp³-hybridized carbons (Fsp3) is 0.500. The molecular formula is C12H17NO5S2. The van der Waals surface area contributed by atoms with Crippen LogP contribution >= 0.6 is 0 Å². The molecule has 20 heavy (non-hydrogen) atoms. The van der Waals surface area contributed by atoms with Gasteiger partial charge in [0.25, 0.3) is 0 Å². The SMILES string of the molecule is CS(=O)(=O)N(c1cccc(C2CC(O)C2)c1)S(C)(=O)=O. The van der Waals surface area contributed by atoms with Gasteiger partial charge in [-0.15, -0.1) is 0 Å². The van der Waals surface area contributed by atoms with Crippen LogP contribution in [0, 0.1) is 0 Å². The largest absolute Gasteiger partial charge is 0.393 e. The van der Waals surface area contributed by atoms with E-state index in [1.807, 2.05) is 6.07 Å². The lowest BCUT2D eigenvalue weighted by molar-refractivity contribution is 0.0746. The summed E-state index contributed by atoms with van der Waals surface area (Å²) in [4.78, 5) is 0. The third-order valence-electron chi connectivity index (χ3n) is 3.27. The summed E-state index contributed by atoms with van der Waals surface area (Å²) >= 11 is 0. The van der Waals surface area contributed by atoms with Crippen LogP contribution in [0.2, 0.25) is 0 Å². The Bertz CT molecular complexity index is 673. The Labute approximate surface area is 119 Å². The van der Waals surface area contributed by atoms with E-state index in [2.05, 4.69) is 0 Å². The highest BCUT2D eigenvalue weighted by Crippen LogP contribution is 2.38. The van der Waals surface area contributed by atoms with Gasteiger partial charge >= 0.3 is 0 Å². The molecule has 1 saturated carbocycles. The van der Waals surface area contributed by atoms with Crippen molar-refractivity contribution in [2.45, 2.75) is 24.9 Å². The highest BCUT2D eigenvalue weighted by atomic mass is 32.3. The lowest BCUT2D eigenvalue weighted by Gasteiger charge is -2.32. The van der Waals surface area contributed by atoms with Gasteiger partial charge in [-0.2, -0.15) is 3.71 Å². The Morgan fingerprint density at radius 1 is 1.10 bits per heavy atom. The minimum absolute atomic E-state index is 0.105. The third-order valence-corrected chi connectivity index (χ3v) is 6.52. The molecule has 0 bridgehead atoms. The Kier molecular flexibility index (Phi) is 3.83.